The zero-order valence-corrected chi connectivity index (χ0v) is 13.5. The fourth-order valence-electron chi connectivity index (χ4n) is 2.15. The molecule has 0 saturated heterocycles. The summed E-state index contributed by atoms with van der Waals surface area (Å²) < 4.78 is 0. The molecule has 0 amide bonds. The first kappa shape index (κ1) is 15.1. The van der Waals surface area contributed by atoms with Crippen LogP contribution in [0.15, 0.2) is 18.3 Å². The van der Waals surface area contributed by atoms with Gasteiger partial charge >= 0.3 is 0 Å². The quantitative estimate of drug-likeness (QED) is 0.880. The Bertz CT molecular complexity index is 543. The van der Waals surface area contributed by atoms with E-state index in [0.717, 1.165) is 30.8 Å². The fourth-order valence-corrected chi connectivity index (χ4v) is 3.13. The Kier molecular flexibility index (Phi) is 5.26. The van der Waals surface area contributed by atoms with Crippen LogP contribution < -0.4 is 5.32 Å². The van der Waals surface area contributed by atoms with Crippen LogP contribution in [0.1, 0.15) is 46.2 Å². The third-order valence-electron chi connectivity index (χ3n) is 3.39. The van der Waals surface area contributed by atoms with E-state index < -0.39 is 0 Å². The molecule has 0 fully saturated rings. The van der Waals surface area contributed by atoms with Gasteiger partial charge in [0.2, 0.25) is 0 Å². The maximum absolute atomic E-state index is 4.66. The monoisotopic (exact) mass is 289 g/mol. The lowest BCUT2D eigenvalue weighted by molar-refractivity contribution is 0.516. The predicted molar refractivity (Wildman–Crippen MR) is 85.3 cm³/mol. The molecule has 1 atom stereocenters. The second kappa shape index (κ2) is 6.95. The summed E-state index contributed by atoms with van der Waals surface area (Å²) >= 11 is 1.80. The number of nitrogens with zero attached hydrogens (tertiary/aromatic N) is 2. The summed E-state index contributed by atoms with van der Waals surface area (Å²) in [5.74, 6) is 0. The summed E-state index contributed by atoms with van der Waals surface area (Å²) in [5, 5.41) is 4.79. The molecule has 0 aliphatic rings. The number of rotatable bonds is 6. The highest BCUT2D eigenvalue weighted by Gasteiger charge is 2.16. The van der Waals surface area contributed by atoms with Crippen LogP contribution in [-0.4, -0.2) is 16.5 Å². The molecule has 108 valence electrons. The predicted octanol–water partition coefficient (Wildman–Crippen LogP) is 3.75. The molecule has 1 unspecified atom stereocenters. The van der Waals surface area contributed by atoms with Gasteiger partial charge in [-0.2, -0.15) is 0 Å². The molecule has 2 heterocycles. The molecule has 0 bridgehead atoms. The number of thiazole rings is 1. The third kappa shape index (κ3) is 3.87. The first-order chi connectivity index (χ1) is 9.60. The van der Waals surface area contributed by atoms with Crippen molar-refractivity contribution in [1.29, 1.82) is 0 Å². The molecule has 2 aromatic rings. The number of nitrogens with one attached hydrogen (secondary N) is 1. The largest absolute Gasteiger partial charge is 0.308 e. The highest BCUT2D eigenvalue weighted by atomic mass is 32.1. The number of hydrogen-bond donors (Lipinski definition) is 1. The van der Waals surface area contributed by atoms with E-state index in [1.807, 2.05) is 12.3 Å². The van der Waals surface area contributed by atoms with E-state index in [1.165, 1.54) is 15.4 Å². The average molecular weight is 289 g/mol. The van der Waals surface area contributed by atoms with E-state index in [2.05, 4.69) is 49.0 Å². The van der Waals surface area contributed by atoms with Crippen molar-refractivity contribution in [2.45, 2.75) is 46.6 Å². The standard InChI is InChI=1S/C16H23N3S/c1-5-7-17-15(14-9-11(2)6-8-18-14)10-16-19-12(3)13(4)20-16/h6,8-9,15,17H,5,7,10H2,1-4H3. The van der Waals surface area contributed by atoms with Gasteiger partial charge in [-0.1, -0.05) is 6.92 Å². The van der Waals surface area contributed by atoms with E-state index in [9.17, 15) is 0 Å². The van der Waals surface area contributed by atoms with Crippen molar-refractivity contribution in [3.05, 3.63) is 45.2 Å². The third-order valence-corrected chi connectivity index (χ3v) is 4.48. The summed E-state index contributed by atoms with van der Waals surface area (Å²) in [5.41, 5.74) is 3.52. The van der Waals surface area contributed by atoms with Gasteiger partial charge < -0.3 is 5.32 Å². The maximum Gasteiger partial charge on any atom is 0.0950 e. The Labute approximate surface area is 125 Å². The van der Waals surface area contributed by atoms with Crippen molar-refractivity contribution in [3.63, 3.8) is 0 Å². The van der Waals surface area contributed by atoms with Gasteiger partial charge in [0.15, 0.2) is 0 Å². The minimum absolute atomic E-state index is 0.250. The van der Waals surface area contributed by atoms with Gasteiger partial charge in [0, 0.05) is 17.5 Å². The van der Waals surface area contributed by atoms with Gasteiger partial charge in [-0.3, -0.25) is 4.98 Å². The molecule has 0 aliphatic carbocycles. The molecule has 0 saturated carbocycles. The van der Waals surface area contributed by atoms with Crippen molar-refractivity contribution in [2.24, 2.45) is 0 Å². The van der Waals surface area contributed by atoms with Crippen LogP contribution in [-0.2, 0) is 6.42 Å². The molecule has 3 nitrogen and oxygen atoms in total. The lowest BCUT2D eigenvalue weighted by atomic mass is 10.1. The van der Waals surface area contributed by atoms with E-state index in [4.69, 9.17) is 0 Å². The molecule has 20 heavy (non-hydrogen) atoms. The van der Waals surface area contributed by atoms with Crippen LogP contribution in [0.3, 0.4) is 0 Å². The summed E-state index contributed by atoms with van der Waals surface area (Å²) in [4.78, 5) is 10.5. The van der Waals surface area contributed by atoms with Gasteiger partial charge in [-0.25, -0.2) is 4.98 Å². The van der Waals surface area contributed by atoms with Crippen molar-refractivity contribution < 1.29 is 0 Å². The topological polar surface area (TPSA) is 37.8 Å². The molecule has 4 heteroatoms. The van der Waals surface area contributed by atoms with Gasteiger partial charge in [0.05, 0.1) is 22.4 Å². The molecule has 2 rings (SSSR count). The van der Waals surface area contributed by atoms with Crippen LogP contribution in [0.25, 0.3) is 0 Å². The molecule has 0 aliphatic heterocycles. The summed E-state index contributed by atoms with van der Waals surface area (Å²) in [6, 6.07) is 4.46. The van der Waals surface area contributed by atoms with Crippen LogP contribution in [0.2, 0.25) is 0 Å². The average Bonchev–Trinajstić information content (AvgIpc) is 2.73. The number of aromatic nitrogens is 2. The SMILES string of the molecule is CCCNC(Cc1nc(C)c(C)s1)c1cc(C)ccn1. The minimum Gasteiger partial charge on any atom is -0.308 e. The first-order valence-corrected chi connectivity index (χ1v) is 8.00. The Balaban J connectivity index is 2.18. The smallest absolute Gasteiger partial charge is 0.0950 e. The molecular formula is C16H23N3S. The summed E-state index contributed by atoms with van der Waals surface area (Å²) in [6.45, 7) is 9.51. The normalized spacial score (nSPS) is 12.6. The van der Waals surface area contributed by atoms with Crippen LogP contribution >= 0.6 is 11.3 Å². The van der Waals surface area contributed by atoms with Crippen LogP contribution in [0.4, 0.5) is 0 Å². The Hall–Kier alpha value is -1.26. The Morgan fingerprint density at radius 1 is 1.30 bits per heavy atom. The number of pyridine rings is 1. The lowest BCUT2D eigenvalue weighted by Crippen LogP contribution is -2.25. The van der Waals surface area contributed by atoms with Gasteiger partial charge in [-0.15, -0.1) is 11.3 Å². The van der Waals surface area contributed by atoms with E-state index in [0.29, 0.717) is 0 Å². The van der Waals surface area contributed by atoms with Gasteiger partial charge in [0.1, 0.15) is 0 Å². The van der Waals surface area contributed by atoms with E-state index >= 15 is 0 Å². The van der Waals surface area contributed by atoms with Gasteiger partial charge in [0.25, 0.3) is 0 Å². The molecule has 0 spiro atoms. The van der Waals surface area contributed by atoms with Crippen molar-refractivity contribution in [2.75, 3.05) is 6.54 Å². The first-order valence-electron chi connectivity index (χ1n) is 7.19. The number of hydrogen-bond acceptors (Lipinski definition) is 4. The second-order valence-electron chi connectivity index (χ2n) is 5.22. The van der Waals surface area contributed by atoms with Gasteiger partial charge in [-0.05, 0) is 51.4 Å². The number of aryl methyl sites for hydroxylation is 3. The maximum atomic E-state index is 4.66. The highest BCUT2D eigenvalue weighted by Crippen LogP contribution is 2.23. The molecular weight excluding hydrogens is 266 g/mol. The van der Waals surface area contributed by atoms with E-state index in [1.54, 1.807) is 11.3 Å². The van der Waals surface area contributed by atoms with Crippen molar-refractivity contribution >= 4 is 11.3 Å². The Morgan fingerprint density at radius 2 is 2.10 bits per heavy atom. The minimum atomic E-state index is 0.250. The fraction of sp³-hybridized carbons (Fsp3) is 0.500. The Morgan fingerprint density at radius 3 is 2.70 bits per heavy atom. The molecule has 0 radical (unpaired) electrons. The lowest BCUT2D eigenvalue weighted by Gasteiger charge is -2.17. The molecule has 2 aromatic heterocycles. The molecule has 0 aromatic carbocycles. The summed E-state index contributed by atoms with van der Waals surface area (Å²) in [7, 11) is 0. The zero-order valence-electron chi connectivity index (χ0n) is 12.7. The van der Waals surface area contributed by atoms with E-state index in [-0.39, 0.29) is 6.04 Å². The highest BCUT2D eigenvalue weighted by molar-refractivity contribution is 7.11. The van der Waals surface area contributed by atoms with Crippen molar-refractivity contribution in [3.8, 4) is 0 Å². The zero-order chi connectivity index (χ0) is 14.5. The second-order valence-corrected chi connectivity index (χ2v) is 6.51. The molecule has 1 N–H and O–H groups in total. The summed E-state index contributed by atoms with van der Waals surface area (Å²) in [6.07, 6.45) is 3.93. The van der Waals surface area contributed by atoms with Crippen molar-refractivity contribution in [1.82, 2.24) is 15.3 Å². The van der Waals surface area contributed by atoms with Crippen LogP contribution in [0.5, 0.6) is 0 Å². The van der Waals surface area contributed by atoms with Crippen LogP contribution in [0, 0.1) is 20.8 Å².